The van der Waals surface area contributed by atoms with Crippen LogP contribution in [0, 0.1) is 0 Å². The number of fused-ring (bicyclic) bond motifs is 1. The molecule has 0 fully saturated rings. The summed E-state index contributed by atoms with van der Waals surface area (Å²) in [5.41, 5.74) is 5.29. The van der Waals surface area contributed by atoms with Gasteiger partial charge in [0.05, 0.1) is 0 Å². The number of aromatic nitrogens is 2. The molecule has 0 saturated heterocycles. The zero-order valence-electron chi connectivity index (χ0n) is 20.0. The van der Waals surface area contributed by atoms with Gasteiger partial charge in [0.2, 0.25) is 5.91 Å². The number of hydrogen-bond donors (Lipinski definition) is 1. The van der Waals surface area contributed by atoms with E-state index in [1.807, 2.05) is 72.8 Å². The highest BCUT2D eigenvalue weighted by atomic mass is 32.1. The normalized spacial score (nSPS) is 13.4. The average molecular weight is 497 g/mol. The van der Waals surface area contributed by atoms with Gasteiger partial charge >= 0.3 is 0 Å². The first-order chi connectivity index (χ1) is 17.7. The summed E-state index contributed by atoms with van der Waals surface area (Å²) in [4.78, 5) is 29.4. The Morgan fingerprint density at radius 3 is 2.42 bits per heavy atom. The van der Waals surface area contributed by atoms with Gasteiger partial charge in [0.15, 0.2) is 5.69 Å². The number of nitrogens with one attached hydrogen (secondary N) is 1. The van der Waals surface area contributed by atoms with Crippen LogP contribution < -0.4 is 10.2 Å². The van der Waals surface area contributed by atoms with Gasteiger partial charge in [-0.1, -0.05) is 77.3 Å². The van der Waals surface area contributed by atoms with E-state index in [0.717, 1.165) is 59.6 Å². The van der Waals surface area contributed by atoms with Crippen LogP contribution in [0.1, 0.15) is 51.6 Å². The Balaban J connectivity index is 1.54. The lowest BCUT2D eigenvalue weighted by molar-refractivity contribution is -0.122. The molecule has 7 heteroatoms. The maximum atomic E-state index is 14.0. The quantitative estimate of drug-likeness (QED) is 0.365. The van der Waals surface area contributed by atoms with Gasteiger partial charge < -0.3 is 5.32 Å². The van der Waals surface area contributed by atoms with Gasteiger partial charge in [-0.15, -0.1) is 5.10 Å². The molecule has 0 radical (unpaired) electrons. The molecule has 0 spiro atoms. The second-order valence-electron chi connectivity index (χ2n) is 8.93. The number of nitrogens with zero attached hydrogens (tertiary/aromatic N) is 3. The number of carbonyl (C=O) groups is 2. The highest BCUT2D eigenvalue weighted by molar-refractivity contribution is 7.03. The Hall–Kier alpha value is -3.84. The molecule has 3 aromatic carbocycles. The van der Waals surface area contributed by atoms with Gasteiger partial charge in [-0.05, 0) is 72.0 Å². The number of hydrogen-bond acceptors (Lipinski definition) is 5. The van der Waals surface area contributed by atoms with E-state index >= 15 is 0 Å². The minimum Gasteiger partial charge on any atom is -0.354 e. The molecule has 1 N–H and O–H groups in total. The Morgan fingerprint density at radius 1 is 0.917 bits per heavy atom. The largest absolute Gasteiger partial charge is 0.354 e. The number of carbonyl (C=O) groups excluding carboxylic acids is 2. The summed E-state index contributed by atoms with van der Waals surface area (Å²) in [5, 5.41) is 8.79. The number of rotatable bonds is 8. The Labute approximate surface area is 215 Å². The third-order valence-electron chi connectivity index (χ3n) is 6.61. The SMILES string of the molecule is O=C(NCCc1ccccc1)C(c1ccccc1)N(C(=O)c1csnn1)c1cccc2c1CCCC2. The first-order valence-corrected chi connectivity index (χ1v) is 13.1. The summed E-state index contributed by atoms with van der Waals surface area (Å²) in [6.45, 7) is 0.472. The molecular formula is C29H28N4O2S. The van der Waals surface area contributed by atoms with Crippen LogP contribution >= 0.6 is 11.5 Å². The van der Waals surface area contributed by atoms with Crippen LogP contribution in [0.2, 0.25) is 0 Å². The first kappa shape index (κ1) is 23.9. The molecule has 1 unspecified atom stereocenters. The van der Waals surface area contributed by atoms with Gasteiger partial charge in [0, 0.05) is 17.6 Å². The van der Waals surface area contributed by atoms with Crippen LogP contribution in [0.5, 0.6) is 0 Å². The van der Waals surface area contributed by atoms with Crippen LogP contribution in [0.3, 0.4) is 0 Å². The predicted octanol–water partition coefficient (Wildman–Crippen LogP) is 5.16. The maximum absolute atomic E-state index is 14.0. The van der Waals surface area contributed by atoms with Crippen molar-refractivity contribution in [2.75, 3.05) is 11.4 Å². The molecule has 1 heterocycles. The zero-order valence-corrected chi connectivity index (χ0v) is 20.8. The van der Waals surface area contributed by atoms with E-state index in [1.54, 1.807) is 10.3 Å². The standard InChI is InChI=1S/C29H28N4O2S/c34-28(30-19-18-21-10-3-1-4-11-21)27(23-13-5-2-6-14-23)33(29(35)25-20-36-32-31-25)26-17-9-15-22-12-7-8-16-24(22)26/h1-6,9-11,13-15,17,20,27H,7-8,12,16,18-19H2,(H,30,34). The zero-order chi connectivity index (χ0) is 24.7. The fourth-order valence-corrected chi connectivity index (χ4v) is 5.29. The highest BCUT2D eigenvalue weighted by Crippen LogP contribution is 2.36. The summed E-state index contributed by atoms with van der Waals surface area (Å²) in [6, 6.07) is 24.8. The lowest BCUT2D eigenvalue weighted by Crippen LogP contribution is -2.45. The average Bonchev–Trinajstić information content (AvgIpc) is 3.47. The van der Waals surface area contributed by atoms with E-state index in [4.69, 9.17) is 0 Å². The molecular weight excluding hydrogens is 468 g/mol. The van der Waals surface area contributed by atoms with Gasteiger partial charge in [0.1, 0.15) is 6.04 Å². The van der Waals surface area contributed by atoms with Gasteiger partial charge in [-0.25, -0.2) is 0 Å². The molecule has 0 saturated carbocycles. The van der Waals surface area contributed by atoms with Crippen molar-refractivity contribution in [3.05, 3.63) is 112 Å². The maximum Gasteiger partial charge on any atom is 0.280 e. The van der Waals surface area contributed by atoms with Crippen molar-refractivity contribution in [1.29, 1.82) is 0 Å². The Morgan fingerprint density at radius 2 is 1.67 bits per heavy atom. The van der Waals surface area contributed by atoms with Crippen LogP contribution in [0.15, 0.2) is 84.2 Å². The lowest BCUT2D eigenvalue weighted by Gasteiger charge is -2.34. The second kappa shape index (κ2) is 11.3. The number of aryl methyl sites for hydroxylation is 1. The minimum absolute atomic E-state index is 0.220. The Bertz CT molecular complexity index is 1310. The number of amides is 2. The molecule has 4 aromatic rings. The summed E-state index contributed by atoms with van der Waals surface area (Å²) in [5.74, 6) is -0.545. The second-order valence-corrected chi connectivity index (χ2v) is 9.54. The van der Waals surface area contributed by atoms with E-state index < -0.39 is 6.04 Å². The number of benzene rings is 3. The molecule has 1 aliphatic rings. The summed E-state index contributed by atoms with van der Waals surface area (Å²) in [6.07, 6.45) is 4.75. The molecule has 0 aliphatic heterocycles. The van der Waals surface area contributed by atoms with Crippen LogP contribution in [-0.4, -0.2) is 27.9 Å². The van der Waals surface area contributed by atoms with Crippen molar-refractivity contribution in [1.82, 2.24) is 14.9 Å². The summed E-state index contributed by atoms with van der Waals surface area (Å²) in [7, 11) is 0. The molecule has 5 rings (SSSR count). The molecule has 36 heavy (non-hydrogen) atoms. The molecule has 182 valence electrons. The van der Waals surface area contributed by atoms with Gasteiger partial charge in [-0.3, -0.25) is 14.5 Å². The number of anilines is 1. The van der Waals surface area contributed by atoms with Gasteiger partial charge in [0.25, 0.3) is 5.91 Å². The molecule has 1 aliphatic carbocycles. The Kier molecular flexibility index (Phi) is 7.47. The van der Waals surface area contributed by atoms with Crippen molar-refractivity contribution < 1.29 is 9.59 Å². The first-order valence-electron chi connectivity index (χ1n) is 12.3. The van der Waals surface area contributed by atoms with Crippen LogP contribution in [0.4, 0.5) is 5.69 Å². The van der Waals surface area contributed by atoms with E-state index in [1.165, 1.54) is 5.56 Å². The molecule has 0 bridgehead atoms. The van der Waals surface area contributed by atoms with Crippen molar-refractivity contribution in [3.8, 4) is 0 Å². The van der Waals surface area contributed by atoms with Crippen molar-refractivity contribution in [3.63, 3.8) is 0 Å². The third-order valence-corrected chi connectivity index (χ3v) is 7.11. The molecule has 6 nitrogen and oxygen atoms in total. The predicted molar refractivity (Wildman–Crippen MR) is 142 cm³/mol. The van der Waals surface area contributed by atoms with E-state index in [9.17, 15) is 9.59 Å². The molecule has 2 amide bonds. The smallest absolute Gasteiger partial charge is 0.280 e. The minimum atomic E-state index is -0.843. The molecule has 1 aromatic heterocycles. The third kappa shape index (κ3) is 5.21. The summed E-state index contributed by atoms with van der Waals surface area (Å²) < 4.78 is 3.91. The monoisotopic (exact) mass is 496 g/mol. The van der Waals surface area contributed by atoms with E-state index in [0.29, 0.717) is 13.0 Å². The van der Waals surface area contributed by atoms with Crippen LogP contribution in [0.25, 0.3) is 0 Å². The highest BCUT2D eigenvalue weighted by Gasteiger charge is 2.36. The summed E-state index contributed by atoms with van der Waals surface area (Å²) >= 11 is 1.13. The lowest BCUT2D eigenvalue weighted by atomic mass is 9.89. The van der Waals surface area contributed by atoms with Gasteiger partial charge in [-0.2, -0.15) is 0 Å². The fourth-order valence-electron chi connectivity index (χ4n) is 4.86. The van der Waals surface area contributed by atoms with E-state index in [-0.39, 0.29) is 17.5 Å². The van der Waals surface area contributed by atoms with E-state index in [2.05, 4.69) is 21.0 Å². The van der Waals surface area contributed by atoms with Crippen molar-refractivity contribution in [2.45, 2.75) is 38.1 Å². The van der Waals surface area contributed by atoms with Crippen molar-refractivity contribution in [2.24, 2.45) is 0 Å². The van der Waals surface area contributed by atoms with Crippen LogP contribution in [-0.2, 0) is 24.1 Å². The van der Waals surface area contributed by atoms with Crippen molar-refractivity contribution >= 4 is 29.0 Å². The molecule has 1 atom stereocenters. The fraction of sp³-hybridized carbons (Fsp3) is 0.241. The topological polar surface area (TPSA) is 75.2 Å².